The Morgan fingerprint density at radius 1 is 1.62 bits per heavy atom. The summed E-state index contributed by atoms with van der Waals surface area (Å²) in [5.74, 6) is -1.29. The summed E-state index contributed by atoms with van der Waals surface area (Å²) in [5.41, 5.74) is 6.61. The van der Waals surface area contributed by atoms with Gasteiger partial charge in [0.15, 0.2) is 0 Å². The SMILES string of the molecule is Cc1cc(Br)cc(C(N)CCC(=O)O)c1F. The van der Waals surface area contributed by atoms with E-state index in [0.717, 1.165) is 4.47 Å². The molecule has 3 nitrogen and oxygen atoms in total. The van der Waals surface area contributed by atoms with Gasteiger partial charge in [0, 0.05) is 22.5 Å². The zero-order chi connectivity index (χ0) is 12.3. The number of halogens is 2. The van der Waals surface area contributed by atoms with E-state index < -0.39 is 12.0 Å². The molecule has 0 heterocycles. The fraction of sp³-hybridized carbons (Fsp3) is 0.364. The summed E-state index contributed by atoms with van der Waals surface area (Å²) >= 11 is 3.26. The highest BCUT2D eigenvalue weighted by molar-refractivity contribution is 9.10. The van der Waals surface area contributed by atoms with Gasteiger partial charge in [-0.05, 0) is 31.0 Å². The molecular formula is C11H13BrFNO2. The van der Waals surface area contributed by atoms with Crippen LogP contribution in [0.3, 0.4) is 0 Å². The van der Waals surface area contributed by atoms with E-state index in [1.54, 1.807) is 19.1 Å². The van der Waals surface area contributed by atoms with Crippen LogP contribution in [0, 0.1) is 12.7 Å². The molecule has 0 amide bonds. The van der Waals surface area contributed by atoms with Crippen molar-refractivity contribution >= 4 is 21.9 Å². The van der Waals surface area contributed by atoms with Crippen molar-refractivity contribution in [3.05, 3.63) is 33.5 Å². The number of carbonyl (C=O) groups is 1. The summed E-state index contributed by atoms with van der Waals surface area (Å²) in [6.07, 6.45) is 0.161. The number of rotatable bonds is 4. The van der Waals surface area contributed by atoms with Crippen molar-refractivity contribution in [2.24, 2.45) is 5.73 Å². The van der Waals surface area contributed by atoms with Crippen LogP contribution in [0.2, 0.25) is 0 Å². The van der Waals surface area contributed by atoms with Gasteiger partial charge in [0.05, 0.1) is 0 Å². The first-order valence-corrected chi connectivity index (χ1v) is 5.64. The van der Waals surface area contributed by atoms with Crippen LogP contribution in [0.1, 0.15) is 30.0 Å². The number of benzene rings is 1. The monoisotopic (exact) mass is 289 g/mol. The first-order chi connectivity index (χ1) is 7.41. The molecule has 0 aromatic heterocycles. The minimum absolute atomic E-state index is 0.0633. The van der Waals surface area contributed by atoms with Gasteiger partial charge in [-0.3, -0.25) is 4.79 Å². The molecule has 3 N–H and O–H groups in total. The molecule has 0 radical (unpaired) electrons. The molecule has 1 rings (SSSR count). The van der Waals surface area contributed by atoms with E-state index in [-0.39, 0.29) is 18.7 Å². The van der Waals surface area contributed by atoms with E-state index in [9.17, 15) is 9.18 Å². The minimum Gasteiger partial charge on any atom is -0.481 e. The average Bonchev–Trinajstić information content (AvgIpc) is 2.19. The smallest absolute Gasteiger partial charge is 0.303 e. The lowest BCUT2D eigenvalue weighted by molar-refractivity contribution is -0.137. The van der Waals surface area contributed by atoms with Crippen LogP contribution in [0.25, 0.3) is 0 Å². The summed E-state index contributed by atoms with van der Waals surface area (Å²) in [6.45, 7) is 1.65. The summed E-state index contributed by atoms with van der Waals surface area (Å²) in [5, 5.41) is 8.53. The fourth-order valence-corrected chi connectivity index (χ4v) is 2.05. The predicted molar refractivity (Wildman–Crippen MR) is 62.6 cm³/mol. The van der Waals surface area contributed by atoms with Gasteiger partial charge >= 0.3 is 5.97 Å². The zero-order valence-corrected chi connectivity index (χ0v) is 10.4. The van der Waals surface area contributed by atoms with Gasteiger partial charge < -0.3 is 10.8 Å². The number of hydrogen-bond donors (Lipinski definition) is 2. The molecule has 0 saturated heterocycles. The van der Waals surface area contributed by atoms with Crippen molar-refractivity contribution < 1.29 is 14.3 Å². The van der Waals surface area contributed by atoms with Crippen LogP contribution in [0.5, 0.6) is 0 Å². The summed E-state index contributed by atoms with van der Waals surface area (Å²) in [4.78, 5) is 10.4. The lowest BCUT2D eigenvalue weighted by Crippen LogP contribution is -2.14. The number of aryl methyl sites for hydroxylation is 1. The third-order valence-corrected chi connectivity index (χ3v) is 2.77. The molecule has 0 spiro atoms. The van der Waals surface area contributed by atoms with E-state index >= 15 is 0 Å². The minimum atomic E-state index is -0.928. The topological polar surface area (TPSA) is 63.3 Å². The Bertz CT molecular complexity index is 409. The third-order valence-electron chi connectivity index (χ3n) is 2.32. The zero-order valence-electron chi connectivity index (χ0n) is 8.84. The van der Waals surface area contributed by atoms with Gasteiger partial charge in [0.25, 0.3) is 0 Å². The molecule has 0 aliphatic carbocycles. The Balaban J connectivity index is 2.90. The number of aliphatic carboxylic acids is 1. The van der Waals surface area contributed by atoms with Gasteiger partial charge in [-0.15, -0.1) is 0 Å². The molecule has 1 aromatic carbocycles. The maximum atomic E-state index is 13.7. The first-order valence-electron chi connectivity index (χ1n) is 4.84. The summed E-state index contributed by atoms with van der Waals surface area (Å²) in [7, 11) is 0. The van der Waals surface area contributed by atoms with Crippen molar-refractivity contribution in [3.8, 4) is 0 Å². The van der Waals surface area contributed by atoms with Gasteiger partial charge in [0.2, 0.25) is 0 Å². The lowest BCUT2D eigenvalue weighted by Gasteiger charge is -2.13. The molecule has 1 atom stereocenters. The highest BCUT2D eigenvalue weighted by Gasteiger charge is 2.15. The largest absolute Gasteiger partial charge is 0.481 e. The van der Waals surface area contributed by atoms with E-state index in [1.165, 1.54) is 0 Å². The lowest BCUT2D eigenvalue weighted by atomic mass is 10.0. The fourth-order valence-electron chi connectivity index (χ4n) is 1.46. The predicted octanol–water partition coefficient (Wildman–Crippen LogP) is 2.76. The van der Waals surface area contributed by atoms with Crippen LogP contribution in [0.4, 0.5) is 4.39 Å². The Morgan fingerprint density at radius 3 is 2.81 bits per heavy atom. The van der Waals surface area contributed by atoms with Crippen molar-refractivity contribution in [2.45, 2.75) is 25.8 Å². The maximum absolute atomic E-state index is 13.7. The first kappa shape index (κ1) is 13.1. The van der Waals surface area contributed by atoms with Crippen molar-refractivity contribution in [2.75, 3.05) is 0 Å². The van der Waals surface area contributed by atoms with E-state index in [2.05, 4.69) is 15.9 Å². The Labute approximate surface area is 102 Å². The van der Waals surface area contributed by atoms with E-state index in [4.69, 9.17) is 10.8 Å². The second-order valence-electron chi connectivity index (χ2n) is 3.66. The highest BCUT2D eigenvalue weighted by Crippen LogP contribution is 2.25. The molecule has 1 unspecified atom stereocenters. The second kappa shape index (κ2) is 5.41. The Kier molecular flexibility index (Phi) is 4.44. The molecule has 0 aliphatic heterocycles. The average molecular weight is 290 g/mol. The van der Waals surface area contributed by atoms with Gasteiger partial charge in [-0.2, -0.15) is 0 Å². The Morgan fingerprint density at radius 2 is 2.25 bits per heavy atom. The molecule has 0 bridgehead atoms. The van der Waals surface area contributed by atoms with E-state index in [1.807, 2.05) is 0 Å². The summed E-state index contributed by atoms with van der Waals surface area (Å²) in [6, 6.07) is 2.66. The van der Waals surface area contributed by atoms with Crippen LogP contribution in [-0.4, -0.2) is 11.1 Å². The van der Waals surface area contributed by atoms with Crippen LogP contribution < -0.4 is 5.73 Å². The van der Waals surface area contributed by atoms with Crippen LogP contribution in [-0.2, 0) is 4.79 Å². The molecule has 0 fully saturated rings. The summed E-state index contributed by atoms with van der Waals surface area (Å²) < 4.78 is 14.5. The van der Waals surface area contributed by atoms with Crippen molar-refractivity contribution in [1.29, 1.82) is 0 Å². The van der Waals surface area contributed by atoms with Crippen molar-refractivity contribution in [1.82, 2.24) is 0 Å². The van der Waals surface area contributed by atoms with Gasteiger partial charge in [0.1, 0.15) is 5.82 Å². The second-order valence-corrected chi connectivity index (χ2v) is 4.58. The molecule has 0 aliphatic rings. The molecule has 0 saturated carbocycles. The molecule has 16 heavy (non-hydrogen) atoms. The molecule has 1 aromatic rings. The highest BCUT2D eigenvalue weighted by atomic mass is 79.9. The number of carboxylic acid groups (broad SMARTS) is 1. The van der Waals surface area contributed by atoms with Gasteiger partial charge in [-0.25, -0.2) is 4.39 Å². The number of hydrogen-bond acceptors (Lipinski definition) is 2. The third kappa shape index (κ3) is 3.28. The van der Waals surface area contributed by atoms with Gasteiger partial charge in [-0.1, -0.05) is 15.9 Å². The quantitative estimate of drug-likeness (QED) is 0.896. The molecule has 88 valence electrons. The normalized spacial score (nSPS) is 12.5. The van der Waals surface area contributed by atoms with Crippen LogP contribution in [0.15, 0.2) is 16.6 Å². The maximum Gasteiger partial charge on any atom is 0.303 e. The van der Waals surface area contributed by atoms with Crippen LogP contribution >= 0.6 is 15.9 Å². The standard InChI is InChI=1S/C11H13BrFNO2/c1-6-4-7(12)5-8(11(6)13)9(14)2-3-10(15)16/h4-5,9H,2-3,14H2,1H3,(H,15,16). The number of nitrogens with two attached hydrogens (primary N) is 1. The van der Waals surface area contributed by atoms with E-state index in [0.29, 0.717) is 11.1 Å². The molecule has 5 heteroatoms. The Hall–Kier alpha value is -0.940. The van der Waals surface area contributed by atoms with Crippen molar-refractivity contribution in [3.63, 3.8) is 0 Å². The molecular weight excluding hydrogens is 277 g/mol. The number of carboxylic acids is 1.